The van der Waals surface area contributed by atoms with Gasteiger partial charge in [-0.25, -0.2) is 0 Å². The maximum Gasteiger partial charge on any atom is -0.0227 e. The number of rotatable bonds is 3. The Kier molecular flexibility index (Phi) is 3.93. The first-order chi connectivity index (χ1) is 6.74. The minimum Gasteiger partial charge on any atom is -0.0988 e. The molecule has 0 N–H and O–H groups in total. The number of hydrogen-bond acceptors (Lipinski definition) is 0. The van der Waals surface area contributed by atoms with Crippen molar-refractivity contribution in [2.24, 2.45) is 0 Å². The molecule has 0 aliphatic rings. The summed E-state index contributed by atoms with van der Waals surface area (Å²) < 4.78 is 0. The molecule has 0 aliphatic carbocycles. The van der Waals surface area contributed by atoms with Gasteiger partial charge in [0.2, 0.25) is 0 Å². The summed E-state index contributed by atoms with van der Waals surface area (Å²) in [7, 11) is 0. The van der Waals surface area contributed by atoms with Crippen molar-refractivity contribution in [3.63, 3.8) is 0 Å². The molecule has 0 saturated carbocycles. The Bertz CT molecular complexity index is 353. The molecule has 1 aromatic carbocycles. The average molecular weight is 184 g/mol. The quantitative estimate of drug-likeness (QED) is 0.617. The minimum absolute atomic E-state index is 1.18. The SMILES string of the molecule is C=CC(C)=CC=C(C)c1ccccc1. The molecule has 0 atom stereocenters. The van der Waals surface area contributed by atoms with E-state index in [9.17, 15) is 0 Å². The monoisotopic (exact) mass is 184 g/mol. The molecule has 0 fully saturated rings. The van der Waals surface area contributed by atoms with Crippen molar-refractivity contribution >= 4 is 5.57 Å². The molecular weight excluding hydrogens is 168 g/mol. The van der Waals surface area contributed by atoms with Gasteiger partial charge in [0.1, 0.15) is 0 Å². The van der Waals surface area contributed by atoms with Gasteiger partial charge in [-0.05, 0) is 25.0 Å². The first-order valence-corrected chi connectivity index (χ1v) is 4.77. The second-order valence-corrected chi connectivity index (χ2v) is 3.33. The largest absolute Gasteiger partial charge is 0.0988 e. The summed E-state index contributed by atoms with van der Waals surface area (Å²) in [6, 6.07) is 10.4. The maximum absolute atomic E-state index is 3.71. The van der Waals surface area contributed by atoms with E-state index in [1.807, 2.05) is 19.1 Å². The zero-order valence-electron chi connectivity index (χ0n) is 8.83. The second kappa shape index (κ2) is 5.23. The highest BCUT2D eigenvalue weighted by atomic mass is 14.0. The lowest BCUT2D eigenvalue weighted by Crippen LogP contribution is -1.76. The van der Waals surface area contributed by atoms with Crippen LogP contribution in [0.5, 0.6) is 0 Å². The molecule has 0 bridgehead atoms. The Morgan fingerprint density at radius 1 is 1.07 bits per heavy atom. The predicted octanol–water partition coefficient (Wildman–Crippen LogP) is 4.22. The van der Waals surface area contributed by atoms with Crippen LogP contribution in [0.4, 0.5) is 0 Å². The van der Waals surface area contributed by atoms with Gasteiger partial charge in [0.05, 0.1) is 0 Å². The summed E-state index contributed by atoms with van der Waals surface area (Å²) in [6.45, 7) is 7.87. The molecular formula is C14H16. The first-order valence-electron chi connectivity index (χ1n) is 4.77. The van der Waals surface area contributed by atoms with Gasteiger partial charge in [0.25, 0.3) is 0 Å². The van der Waals surface area contributed by atoms with Crippen LogP contribution in [-0.2, 0) is 0 Å². The van der Waals surface area contributed by atoms with Crippen molar-refractivity contribution < 1.29 is 0 Å². The zero-order chi connectivity index (χ0) is 10.4. The third kappa shape index (κ3) is 3.06. The standard InChI is InChI=1S/C14H16/c1-4-12(2)10-11-13(3)14-8-6-5-7-9-14/h4-11H,1H2,2-3H3. The molecule has 14 heavy (non-hydrogen) atoms. The van der Waals surface area contributed by atoms with Crippen molar-refractivity contribution in [3.8, 4) is 0 Å². The van der Waals surface area contributed by atoms with Crippen LogP contribution >= 0.6 is 0 Å². The predicted molar refractivity (Wildman–Crippen MR) is 64.0 cm³/mol. The Morgan fingerprint density at radius 3 is 2.29 bits per heavy atom. The third-order valence-electron chi connectivity index (χ3n) is 2.15. The fraction of sp³-hybridized carbons (Fsp3) is 0.143. The topological polar surface area (TPSA) is 0 Å². The zero-order valence-corrected chi connectivity index (χ0v) is 8.83. The molecule has 72 valence electrons. The molecule has 0 heterocycles. The van der Waals surface area contributed by atoms with Crippen LogP contribution in [0, 0.1) is 0 Å². The normalized spacial score (nSPS) is 12.7. The van der Waals surface area contributed by atoms with E-state index in [-0.39, 0.29) is 0 Å². The third-order valence-corrected chi connectivity index (χ3v) is 2.15. The highest BCUT2D eigenvalue weighted by molar-refractivity contribution is 5.65. The van der Waals surface area contributed by atoms with E-state index in [1.54, 1.807) is 0 Å². The molecule has 1 rings (SSSR count). The van der Waals surface area contributed by atoms with E-state index in [2.05, 4.69) is 49.9 Å². The van der Waals surface area contributed by atoms with Crippen molar-refractivity contribution in [3.05, 3.63) is 66.3 Å². The summed E-state index contributed by atoms with van der Waals surface area (Å²) in [5.41, 5.74) is 3.72. The molecule has 0 nitrogen and oxygen atoms in total. The molecule has 0 unspecified atom stereocenters. The summed E-state index contributed by atoms with van der Waals surface area (Å²) >= 11 is 0. The highest BCUT2D eigenvalue weighted by Gasteiger charge is 1.90. The Balaban J connectivity index is 2.86. The fourth-order valence-corrected chi connectivity index (χ4v) is 1.12. The van der Waals surface area contributed by atoms with Gasteiger partial charge in [0.15, 0.2) is 0 Å². The lowest BCUT2D eigenvalue weighted by Gasteiger charge is -1.98. The number of benzene rings is 1. The molecule has 0 amide bonds. The van der Waals surface area contributed by atoms with E-state index in [0.29, 0.717) is 0 Å². The lowest BCUT2D eigenvalue weighted by atomic mass is 10.1. The summed E-state index contributed by atoms with van der Waals surface area (Å²) in [6.07, 6.45) is 6.05. The van der Waals surface area contributed by atoms with Crippen LogP contribution in [0.2, 0.25) is 0 Å². The number of allylic oxidation sites excluding steroid dienone is 5. The van der Waals surface area contributed by atoms with Gasteiger partial charge in [0, 0.05) is 0 Å². The van der Waals surface area contributed by atoms with E-state index in [1.165, 1.54) is 16.7 Å². The summed E-state index contributed by atoms with van der Waals surface area (Å²) in [4.78, 5) is 0. The van der Waals surface area contributed by atoms with E-state index in [0.717, 1.165) is 0 Å². The Morgan fingerprint density at radius 2 is 1.71 bits per heavy atom. The van der Waals surface area contributed by atoms with Gasteiger partial charge in [-0.15, -0.1) is 0 Å². The summed E-state index contributed by atoms with van der Waals surface area (Å²) in [5, 5.41) is 0. The van der Waals surface area contributed by atoms with E-state index in [4.69, 9.17) is 0 Å². The lowest BCUT2D eigenvalue weighted by molar-refractivity contribution is 1.52. The van der Waals surface area contributed by atoms with Crippen LogP contribution in [-0.4, -0.2) is 0 Å². The highest BCUT2D eigenvalue weighted by Crippen LogP contribution is 2.13. The minimum atomic E-state index is 1.18. The molecule has 0 aliphatic heterocycles. The summed E-state index contributed by atoms with van der Waals surface area (Å²) in [5.74, 6) is 0. The van der Waals surface area contributed by atoms with Crippen LogP contribution in [0.15, 0.2) is 60.7 Å². The average Bonchev–Trinajstić information content (AvgIpc) is 2.26. The Labute approximate surface area is 86.3 Å². The van der Waals surface area contributed by atoms with Gasteiger partial charge in [-0.3, -0.25) is 0 Å². The van der Waals surface area contributed by atoms with Crippen LogP contribution in [0.1, 0.15) is 19.4 Å². The van der Waals surface area contributed by atoms with Crippen molar-refractivity contribution in [1.82, 2.24) is 0 Å². The van der Waals surface area contributed by atoms with Crippen LogP contribution < -0.4 is 0 Å². The molecule has 0 spiro atoms. The molecule has 1 aromatic rings. The van der Waals surface area contributed by atoms with Gasteiger partial charge in [-0.2, -0.15) is 0 Å². The van der Waals surface area contributed by atoms with Crippen molar-refractivity contribution in [2.45, 2.75) is 13.8 Å². The fourth-order valence-electron chi connectivity index (χ4n) is 1.12. The second-order valence-electron chi connectivity index (χ2n) is 3.33. The van der Waals surface area contributed by atoms with Gasteiger partial charge >= 0.3 is 0 Å². The van der Waals surface area contributed by atoms with E-state index < -0.39 is 0 Å². The molecule has 0 heteroatoms. The smallest absolute Gasteiger partial charge is 0.0227 e. The van der Waals surface area contributed by atoms with Crippen LogP contribution in [0.25, 0.3) is 5.57 Å². The van der Waals surface area contributed by atoms with Crippen LogP contribution in [0.3, 0.4) is 0 Å². The molecule has 0 radical (unpaired) electrons. The Hall–Kier alpha value is -1.56. The molecule has 0 saturated heterocycles. The van der Waals surface area contributed by atoms with E-state index >= 15 is 0 Å². The van der Waals surface area contributed by atoms with Gasteiger partial charge < -0.3 is 0 Å². The first kappa shape index (κ1) is 10.5. The maximum atomic E-state index is 3.71. The number of hydrogen-bond donors (Lipinski definition) is 0. The molecule has 0 aromatic heterocycles. The van der Waals surface area contributed by atoms with Crippen molar-refractivity contribution in [2.75, 3.05) is 0 Å². The van der Waals surface area contributed by atoms with Crippen molar-refractivity contribution in [1.29, 1.82) is 0 Å². The van der Waals surface area contributed by atoms with Gasteiger partial charge in [-0.1, -0.05) is 60.7 Å².